The van der Waals surface area contributed by atoms with Gasteiger partial charge in [0, 0.05) is 6.42 Å². The fraction of sp³-hybridized carbons (Fsp3) is 0.278. The predicted octanol–water partition coefficient (Wildman–Crippen LogP) is 4.52. The van der Waals surface area contributed by atoms with Crippen LogP contribution in [0.2, 0.25) is 0 Å². The van der Waals surface area contributed by atoms with Crippen molar-refractivity contribution < 1.29 is 18.0 Å². The molecule has 0 heterocycles. The van der Waals surface area contributed by atoms with Gasteiger partial charge in [0.1, 0.15) is 0 Å². The van der Waals surface area contributed by atoms with Crippen molar-refractivity contribution in [3.63, 3.8) is 0 Å². The van der Waals surface area contributed by atoms with Gasteiger partial charge in [-0.15, -0.1) is 0 Å². The summed E-state index contributed by atoms with van der Waals surface area (Å²) in [6, 6.07) is 14.2. The lowest BCUT2D eigenvalue weighted by atomic mass is 10.1. The molecule has 2 rings (SSSR count). The van der Waals surface area contributed by atoms with Crippen molar-refractivity contribution in [1.82, 2.24) is 5.32 Å². The average Bonchev–Trinajstić information content (AvgIpc) is 2.53. The van der Waals surface area contributed by atoms with E-state index < -0.39 is 11.7 Å². The SMILES string of the molecule is CC(NC(=O)CCc1ccccc1)c1ccc(C(F)(F)F)cc1. The molecule has 23 heavy (non-hydrogen) atoms. The van der Waals surface area contributed by atoms with Gasteiger partial charge in [-0.3, -0.25) is 4.79 Å². The summed E-state index contributed by atoms with van der Waals surface area (Å²) in [7, 11) is 0. The van der Waals surface area contributed by atoms with Crippen LogP contribution in [0.5, 0.6) is 0 Å². The van der Waals surface area contributed by atoms with Crippen LogP contribution in [-0.4, -0.2) is 5.91 Å². The lowest BCUT2D eigenvalue weighted by molar-refractivity contribution is -0.137. The molecule has 1 amide bonds. The normalized spacial score (nSPS) is 12.7. The van der Waals surface area contributed by atoms with Crippen molar-refractivity contribution >= 4 is 5.91 Å². The van der Waals surface area contributed by atoms with Gasteiger partial charge < -0.3 is 5.32 Å². The molecule has 122 valence electrons. The van der Waals surface area contributed by atoms with Gasteiger partial charge in [0.2, 0.25) is 5.91 Å². The molecule has 0 aromatic heterocycles. The van der Waals surface area contributed by atoms with Gasteiger partial charge in [0.15, 0.2) is 0 Å². The Balaban J connectivity index is 1.88. The lowest BCUT2D eigenvalue weighted by Gasteiger charge is -2.15. The molecule has 0 fully saturated rings. The molecule has 1 atom stereocenters. The maximum atomic E-state index is 12.5. The summed E-state index contributed by atoms with van der Waals surface area (Å²) in [5.74, 6) is -0.124. The molecular formula is C18H18F3NO. The second-order valence-corrected chi connectivity index (χ2v) is 5.39. The zero-order valence-electron chi connectivity index (χ0n) is 12.7. The molecule has 0 radical (unpaired) electrons. The number of nitrogens with one attached hydrogen (secondary N) is 1. The minimum Gasteiger partial charge on any atom is -0.350 e. The number of amides is 1. The van der Waals surface area contributed by atoms with Crippen LogP contribution in [0, 0.1) is 0 Å². The molecule has 2 nitrogen and oxygen atoms in total. The van der Waals surface area contributed by atoms with Gasteiger partial charge in [-0.1, -0.05) is 42.5 Å². The molecule has 0 bridgehead atoms. The number of halogens is 3. The average molecular weight is 321 g/mol. The van der Waals surface area contributed by atoms with Gasteiger partial charge in [-0.25, -0.2) is 0 Å². The van der Waals surface area contributed by atoms with Crippen molar-refractivity contribution in [2.75, 3.05) is 0 Å². The molecule has 0 saturated heterocycles. The molecule has 0 aliphatic heterocycles. The van der Waals surface area contributed by atoms with Crippen molar-refractivity contribution in [3.05, 3.63) is 71.3 Å². The Bertz CT molecular complexity index is 636. The number of rotatable bonds is 5. The number of carbonyl (C=O) groups excluding carboxylic acids is 1. The number of aryl methyl sites for hydroxylation is 1. The first-order chi connectivity index (χ1) is 10.9. The van der Waals surface area contributed by atoms with E-state index in [4.69, 9.17) is 0 Å². The summed E-state index contributed by atoms with van der Waals surface area (Å²) in [6.07, 6.45) is -3.37. The van der Waals surface area contributed by atoms with Gasteiger partial charge in [-0.05, 0) is 36.6 Å². The van der Waals surface area contributed by atoms with Crippen LogP contribution in [0.1, 0.15) is 36.1 Å². The van der Waals surface area contributed by atoms with E-state index in [9.17, 15) is 18.0 Å². The van der Waals surface area contributed by atoms with E-state index in [-0.39, 0.29) is 11.9 Å². The Kier molecular flexibility index (Phi) is 5.42. The van der Waals surface area contributed by atoms with E-state index >= 15 is 0 Å². The number of hydrogen-bond acceptors (Lipinski definition) is 1. The quantitative estimate of drug-likeness (QED) is 0.862. The van der Waals surface area contributed by atoms with E-state index in [1.165, 1.54) is 12.1 Å². The highest BCUT2D eigenvalue weighted by Crippen LogP contribution is 2.29. The van der Waals surface area contributed by atoms with Crippen LogP contribution >= 0.6 is 0 Å². The summed E-state index contributed by atoms with van der Waals surface area (Å²) >= 11 is 0. The lowest BCUT2D eigenvalue weighted by Crippen LogP contribution is -2.26. The van der Waals surface area contributed by atoms with Gasteiger partial charge in [0.05, 0.1) is 11.6 Å². The predicted molar refractivity (Wildman–Crippen MR) is 82.8 cm³/mol. The van der Waals surface area contributed by atoms with E-state index in [1.54, 1.807) is 6.92 Å². The van der Waals surface area contributed by atoms with Crippen LogP contribution in [0.25, 0.3) is 0 Å². The second kappa shape index (κ2) is 7.31. The third-order valence-electron chi connectivity index (χ3n) is 3.60. The fourth-order valence-electron chi connectivity index (χ4n) is 2.26. The zero-order valence-corrected chi connectivity index (χ0v) is 12.7. The molecule has 2 aromatic rings. The second-order valence-electron chi connectivity index (χ2n) is 5.39. The molecule has 0 aliphatic rings. The fourth-order valence-corrected chi connectivity index (χ4v) is 2.26. The molecule has 2 aromatic carbocycles. The number of benzene rings is 2. The maximum absolute atomic E-state index is 12.5. The molecular weight excluding hydrogens is 303 g/mol. The smallest absolute Gasteiger partial charge is 0.350 e. The molecule has 0 saturated carbocycles. The zero-order chi connectivity index (χ0) is 16.9. The summed E-state index contributed by atoms with van der Waals surface area (Å²) in [4.78, 5) is 11.9. The third-order valence-corrected chi connectivity index (χ3v) is 3.60. The summed E-state index contributed by atoms with van der Waals surface area (Å²) in [6.45, 7) is 1.75. The van der Waals surface area contributed by atoms with Crippen LogP contribution < -0.4 is 5.32 Å². The number of alkyl halides is 3. The van der Waals surface area contributed by atoms with E-state index in [2.05, 4.69) is 5.32 Å². The van der Waals surface area contributed by atoms with Crippen molar-refractivity contribution in [2.24, 2.45) is 0 Å². The number of hydrogen-bond donors (Lipinski definition) is 1. The first-order valence-corrected chi connectivity index (χ1v) is 7.36. The van der Waals surface area contributed by atoms with E-state index in [1.807, 2.05) is 30.3 Å². The van der Waals surface area contributed by atoms with E-state index in [0.29, 0.717) is 18.4 Å². The molecule has 0 spiro atoms. The Morgan fingerprint density at radius 2 is 1.65 bits per heavy atom. The van der Waals surface area contributed by atoms with Gasteiger partial charge >= 0.3 is 6.18 Å². The highest BCUT2D eigenvalue weighted by molar-refractivity contribution is 5.76. The van der Waals surface area contributed by atoms with Crippen LogP contribution in [0.3, 0.4) is 0 Å². The van der Waals surface area contributed by atoms with Crippen molar-refractivity contribution in [1.29, 1.82) is 0 Å². The largest absolute Gasteiger partial charge is 0.416 e. The summed E-state index contributed by atoms with van der Waals surface area (Å²) < 4.78 is 37.6. The number of carbonyl (C=O) groups is 1. The molecule has 1 N–H and O–H groups in total. The third kappa shape index (κ3) is 5.13. The molecule has 0 aliphatic carbocycles. The Morgan fingerprint density at radius 3 is 2.22 bits per heavy atom. The Hall–Kier alpha value is -2.30. The summed E-state index contributed by atoms with van der Waals surface area (Å²) in [5, 5.41) is 2.80. The minimum atomic E-state index is -4.35. The van der Waals surface area contributed by atoms with Gasteiger partial charge in [-0.2, -0.15) is 13.2 Å². The van der Waals surface area contributed by atoms with Crippen LogP contribution in [-0.2, 0) is 17.4 Å². The van der Waals surface area contributed by atoms with Crippen molar-refractivity contribution in [3.8, 4) is 0 Å². The highest BCUT2D eigenvalue weighted by atomic mass is 19.4. The minimum absolute atomic E-state index is 0.124. The topological polar surface area (TPSA) is 29.1 Å². The van der Waals surface area contributed by atoms with Crippen LogP contribution in [0.15, 0.2) is 54.6 Å². The summed E-state index contributed by atoms with van der Waals surface area (Å²) in [5.41, 5.74) is 1.03. The Morgan fingerprint density at radius 1 is 1.04 bits per heavy atom. The van der Waals surface area contributed by atoms with E-state index in [0.717, 1.165) is 17.7 Å². The van der Waals surface area contributed by atoms with Gasteiger partial charge in [0.25, 0.3) is 0 Å². The van der Waals surface area contributed by atoms with Crippen LogP contribution in [0.4, 0.5) is 13.2 Å². The Labute approximate surface area is 133 Å². The first kappa shape index (κ1) is 17.1. The highest BCUT2D eigenvalue weighted by Gasteiger charge is 2.30. The maximum Gasteiger partial charge on any atom is 0.416 e. The first-order valence-electron chi connectivity index (χ1n) is 7.36. The molecule has 1 unspecified atom stereocenters. The standard InChI is InChI=1S/C18H18F3NO/c1-13(15-8-10-16(11-9-15)18(19,20)21)22-17(23)12-7-14-5-3-2-4-6-14/h2-6,8-11,13H,7,12H2,1H3,(H,22,23). The van der Waals surface area contributed by atoms with Crippen molar-refractivity contribution in [2.45, 2.75) is 32.0 Å². The molecule has 5 heteroatoms. The monoisotopic (exact) mass is 321 g/mol.